The number of aliphatic hydroxyl groups excluding tert-OH is 1. The molecule has 1 fully saturated rings. The molecule has 0 aromatic heterocycles. The molecule has 154 valence electrons. The van der Waals surface area contributed by atoms with Crippen LogP contribution >= 0.6 is 0 Å². The van der Waals surface area contributed by atoms with E-state index >= 15 is 0 Å². The van der Waals surface area contributed by atoms with Crippen molar-refractivity contribution in [3.8, 4) is 0 Å². The van der Waals surface area contributed by atoms with Crippen LogP contribution in [0.1, 0.15) is 30.5 Å². The van der Waals surface area contributed by atoms with Gasteiger partial charge in [0, 0.05) is 6.54 Å². The second kappa shape index (κ2) is 8.05. The molecule has 1 heterocycles. The van der Waals surface area contributed by atoms with E-state index in [9.17, 15) is 9.90 Å². The third-order valence-electron chi connectivity index (χ3n) is 5.78. The summed E-state index contributed by atoms with van der Waals surface area (Å²) in [6.07, 6.45) is 0. The fourth-order valence-electron chi connectivity index (χ4n) is 4.23. The van der Waals surface area contributed by atoms with Crippen molar-refractivity contribution >= 4 is 5.91 Å². The molecule has 4 rings (SSSR count). The van der Waals surface area contributed by atoms with Crippen molar-refractivity contribution in [2.24, 2.45) is 0 Å². The molecular formula is C26H28N2O2. The Bertz CT molecular complexity index is 891. The smallest absolute Gasteiger partial charge is 0.239 e. The molecule has 1 aliphatic heterocycles. The summed E-state index contributed by atoms with van der Waals surface area (Å²) < 4.78 is 0. The van der Waals surface area contributed by atoms with Gasteiger partial charge in [0.25, 0.3) is 0 Å². The van der Waals surface area contributed by atoms with Crippen LogP contribution in [0.25, 0.3) is 0 Å². The lowest BCUT2D eigenvalue weighted by atomic mass is 9.76. The lowest BCUT2D eigenvalue weighted by Crippen LogP contribution is -2.50. The summed E-state index contributed by atoms with van der Waals surface area (Å²) in [6, 6.07) is 30.8. The Hall–Kier alpha value is -2.95. The molecule has 0 bridgehead atoms. The summed E-state index contributed by atoms with van der Waals surface area (Å²) in [4.78, 5) is 15.3. The van der Waals surface area contributed by atoms with Crippen LogP contribution in [0.3, 0.4) is 0 Å². The van der Waals surface area contributed by atoms with Crippen LogP contribution in [0, 0.1) is 0 Å². The zero-order valence-corrected chi connectivity index (χ0v) is 17.5. The number of carbonyl (C=O) groups excluding carboxylic acids is 1. The van der Waals surface area contributed by atoms with E-state index in [0.29, 0.717) is 6.54 Å². The predicted octanol–water partition coefficient (Wildman–Crippen LogP) is 3.55. The van der Waals surface area contributed by atoms with Gasteiger partial charge in [0.05, 0.1) is 17.7 Å². The monoisotopic (exact) mass is 400 g/mol. The maximum atomic E-state index is 13.1. The summed E-state index contributed by atoms with van der Waals surface area (Å²) in [7, 11) is 0. The van der Waals surface area contributed by atoms with Gasteiger partial charge in [0.2, 0.25) is 5.91 Å². The van der Waals surface area contributed by atoms with Gasteiger partial charge in [0.15, 0.2) is 0 Å². The third-order valence-corrected chi connectivity index (χ3v) is 5.78. The van der Waals surface area contributed by atoms with Crippen LogP contribution in [0.4, 0.5) is 0 Å². The van der Waals surface area contributed by atoms with E-state index < -0.39 is 11.1 Å². The zero-order valence-electron chi connectivity index (χ0n) is 17.5. The predicted molar refractivity (Wildman–Crippen MR) is 119 cm³/mol. The van der Waals surface area contributed by atoms with Crippen molar-refractivity contribution in [2.75, 3.05) is 13.2 Å². The van der Waals surface area contributed by atoms with Crippen LogP contribution in [0.5, 0.6) is 0 Å². The highest BCUT2D eigenvalue weighted by Gasteiger charge is 2.56. The summed E-state index contributed by atoms with van der Waals surface area (Å²) in [5, 5.41) is 12.6. The molecule has 2 N–H and O–H groups in total. The normalized spacial score (nSPS) is 18.6. The summed E-state index contributed by atoms with van der Waals surface area (Å²) in [6.45, 7) is 4.20. The summed E-state index contributed by atoms with van der Waals surface area (Å²) >= 11 is 0. The second-order valence-corrected chi connectivity index (χ2v) is 8.51. The number of hydrogen-bond donors (Lipinski definition) is 2. The van der Waals surface area contributed by atoms with Crippen molar-refractivity contribution in [3.63, 3.8) is 0 Å². The maximum absolute atomic E-state index is 13.1. The number of amides is 1. The van der Waals surface area contributed by atoms with E-state index in [0.717, 1.165) is 16.7 Å². The molecule has 4 heteroatoms. The molecule has 0 saturated carbocycles. The Morgan fingerprint density at radius 2 is 1.27 bits per heavy atom. The summed E-state index contributed by atoms with van der Waals surface area (Å²) in [5.41, 5.74) is 2.15. The van der Waals surface area contributed by atoms with Crippen LogP contribution < -0.4 is 5.32 Å². The van der Waals surface area contributed by atoms with Crippen molar-refractivity contribution in [1.82, 2.24) is 10.2 Å². The van der Waals surface area contributed by atoms with Crippen molar-refractivity contribution in [3.05, 3.63) is 108 Å². The number of aliphatic hydroxyl groups is 1. The number of hydrogen-bond acceptors (Lipinski definition) is 3. The third kappa shape index (κ3) is 3.64. The van der Waals surface area contributed by atoms with E-state index in [1.807, 2.05) is 68.4 Å². The molecule has 1 aliphatic rings. The largest absolute Gasteiger partial charge is 0.394 e. The molecule has 0 aliphatic carbocycles. The standard InChI is InChI=1S/C26H28N2O2/c1-25(2,19-29)27-24(30)23-18-28(23)26(20-12-6-3-7-13-20,21-14-8-4-9-15-21)22-16-10-5-11-17-22/h3-17,23,29H,18-19H2,1-2H3,(H,27,30)/t23-,28?/m0/s1. The number of nitrogens with zero attached hydrogens (tertiary/aromatic N) is 1. The highest BCUT2D eigenvalue weighted by molar-refractivity contribution is 5.86. The van der Waals surface area contributed by atoms with Crippen LogP contribution in [-0.4, -0.2) is 40.6 Å². The minimum atomic E-state index is -0.653. The number of benzene rings is 3. The minimum absolute atomic E-state index is 0.0544. The first-order valence-electron chi connectivity index (χ1n) is 10.4. The van der Waals surface area contributed by atoms with Gasteiger partial charge in [-0.2, -0.15) is 0 Å². The Kier molecular flexibility index (Phi) is 5.46. The van der Waals surface area contributed by atoms with Gasteiger partial charge in [-0.05, 0) is 30.5 Å². The highest BCUT2D eigenvalue weighted by Crippen LogP contribution is 2.48. The number of rotatable bonds is 7. The molecule has 3 aromatic rings. The lowest BCUT2D eigenvalue weighted by Gasteiger charge is -2.38. The molecular weight excluding hydrogens is 372 g/mol. The molecule has 2 atom stereocenters. The summed E-state index contributed by atoms with van der Waals surface area (Å²) in [5.74, 6) is -0.0544. The van der Waals surface area contributed by atoms with E-state index in [-0.39, 0.29) is 18.6 Å². The molecule has 1 saturated heterocycles. The first-order chi connectivity index (χ1) is 14.5. The first-order valence-corrected chi connectivity index (χ1v) is 10.4. The lowest BCUT2D eigenvalue weighted by molar-refractivity contribution is -0.123. The Morgan fingerprint density at radius 1 is 0.867 bits per heavy atom. The van der Waals surface area contributed by atoms with E-state index in [1.165, 1.54) is 0 Å². The molecule has 30 heavy (non-hydrogen) atoms. The average Bonchev–Trinajstić information content (AvgIpc) is 3.58. The van der Waals surface area contributed by atoms with Gasteiger partial charge in [-0.15, -0.1) is 0 Å². The van der Waals surface area contributed by atoms with Gasteiger partial charge < -0.3 is 10.4 Å². The number of carbonyl (C=O) groups is 1. The maximum Gasteiger partial charge on any atom is 0.239 e. The fourth-order valence-corrected chi connectivity index (χ4v) is 4.23. The highest BCUT2D eigenvalue weighted by atomic mass is 16.3. The van der Waals surface area contributed by atoms with Gasteiger partial charge in [-0.1, -0.05) is 91.0 Å². The first kappa shape index (κ1) is 20.3. The van der Waals surface area contributed by atoms with Crippen LogP contribution in [0.2, 0.25) is 0 Å². The van der Waals surface area contributed by atoms with E-state index in [2.05, 4.69) is 46.6 Å². The Labute approximate surface area is 178 Å². The molecule has 1 amide bonds. The topological polar surface area (TPSA) is 52.3 Å². The molecule has 0 radical (unpaired) electrons. The Morgan fingerprint density at radius 3 is 1.63 bits per heavy atom. The number of nitrogens with one attached hydrogen (secondary N) is 1. The molecule has 4 nitrogen and oxygen atoms in total. The van der Waals surface area contributed by atoms with Gasteiger partial charge in [0.1, 0.15) is 6.04 Å². The van der Waals surface area contributed by atoms with Crippen molar-refractivity contribution < 1.29 is 9.90 Å². The van der Waals surface area contributed by atoms with Crippen LogP contribution in [0.15, 0.2) is 91.0 Å². The minimum Gasteiger partial charge on any atom is -0.394 e. The average molecular weight is 401 g/mol. The van der Waals surface area contributed by atoms with Crippen molar-refractivity contribution in [1.29, 1.82) is 0 Å². The van der Waals surface area contributed by atoms with Gasteiger partial charge in [-0.3, -0.25) is 9.69 Å². The van der Waals surface area contributed by atoms with Crippen LogP contribution in [-0.2, 0) is 10.3 Å². The molecule has 3 aromatic carbocycles. The van der Waals surface area contributed by atoms with E-state index in [1.54, 1.807) is 0 Å². The molecule has 1 unspecified atom stereocenters. The quantitative estimate of drug-likeness (QED) is 0.471. The van der Waals surface area contributed by atoms with Gasteiger partial charge >= 0.3 is 0 Å². The second-order valence-electron chi connectivity index (χ2n) is 8.51. The van der Waals surface area contributed by atoms with E-state index in [4.69, 9.17) is 0 Å². The zero-order chi connectivity index (χ0) is 21.2. The SMILES string of the molecule is CC(C)(CO)NC(=O)[C@@H]1CN1C(c1ccccc1)(c1ccccc1)c1ccccc1. The van der Waals surface area contributed by atoms with Gasteiger partial charge in [-0.25, -0.2) is 0 Å². The van der Waals surface area contributed by atoms with Crippen molar-refractivity contribution in [2.45, 2.75) is 31.0 Å². The Balaban J connectivity index is 1.84. The fraction of sp³-hybridized carbons (Fsp3) is 0.269. The molecule has 0 spiro atoms.